The maximum absolute atomic E-state index is 12.7. The number of aliphatic carboxylic acids is 3. The Morgan fingerprint density at radius 3 is 1.84 bits per heavy atom. The summed E-state index contributed by atoms with van der Waals surface area (Å²) in [5, 5.41) is 33.8. The van der Waals surface area contributed by atoms with Crippen LogP contribution in [-0.2, 0) is 25.7 Å². The van der Waals surface area contributed by atoms with Crippen molar-refractivity contribution in [2.75, 3.05) is 52.5 Å². The first-order chi connectivity index (χ1) is 18.1. The van der Waals surface area contributed by atoms with Gasteiger partial charge in [0.25, 0.3) is 5.91 Å². The van der Waals surface area contributed by atoms with Crippen LogP contribution in [0.3, 0.4) is 0 Å². The maximum Gasteiger partial charge on any atom is 0.336 e. The molecule has 12 heteroatoms. The number of carbonyl (C=O) groups is 4. The summed E-state index contributed by atoms with van der Waals surface area (Å²) in [4.78, 5) is 50.2. The van der Waals surface area contributed by atoms with Gasteiger partial charge in [0.2, 0.25) is 0 Å². The van der Waals surface area contributed by atoms with Crippen molar-refractivity contribution in [3.8, 4) is 0 Å². The number of aliphatic hydroxyl groups is 1. The van der Waals surface area contributed by atoms with Crippen molar-refractivity contribution in [1.29, 1.82) is 0 Å². The van der Waals surface area contributed by atoms with Gasteiger partial charge in [-0.25, -0.2) is 4.79 Å². The van der Waals surface area contributed by atoms with Gasteiger partial charge < -0.3 is 30.1 Å². The number of ether oxygens (including phenoxy) is 1. The number of piperazine rings is 1. The number of carbonyl (C=O) groups excluding carboxylic acids is 1. The fourth-order valence-corrected chi connectivity index (χ4v) is 4.71. The van der Waals surface area contributed by atoms with Gasteiger partial charge in [-0.1, -0.05) is 18.6 Å². The standard InChI is InChI=1S/C20H29N3O2.C6H8O7/c24-20(23-10-8-22(9-11-23)19-2-1-3-19)18-6-4-17(5-7-18)16-21-12-14-25-15-13-21;7-3(8)1-6(13,5(11)12)2-4(9)10/h4-7,19H,1-3,8-16H2;13H,1-2H2,(H,7,8)(H,9,10)(H,11,12). The number of rotatable bonds is 9. The quantitative estimate of drug-likeness (QED) is 0.349. The molecule has 0 atom stereocenters. The fourth-order valence-electron chi connectivity index (χ4n) is 4.71. The van der Waals surface area contributed by atoms with E-state index in [2.05, 4.69) is 21.9 Å². The van der Waals surface area contributed by atoms with E-state index in [-0.39, 0.29) is 5.91 Å². The lowest BCUT2D eigenvalue weighted by atomic mass is 9.91. The summed E-state index contributed by atoms with van der Waals surface area (Å²) in [6.07, 6.45) is 1.78. The van der Waals surface area contributed by atoms with E-state index in [0.717, 1.165) is 70.6 Å². The van der Waals surface area contributed by atoms with Gasteiger partial charge in [-0.2, -0.15) is 0 Å². The van der Waals surface area contributed by atoms with Gasteiger partial charge in [-0.15, -0.1) is 0 Å². The van der Waals surface area contributed by atoms with Crippen LogP contribution in [0.1, 0.15) is 48.0 Å². The van der Waals surface area contributed by atoms with E-state index in [1.165, 1.54) is 24.8 Å². The topological polar surface area (TPSA) is 168 Å². The van der Waals surface area contributed by atoms with E-state index in [0.29, 0.717) is 0 Å². The van der Waals surface area contributed by atoms with Crippen LogP contribution < -0.4 is 0 Å². The minimum Gasteiger partial charge on any atom is -0.481 e. The monoisotopic (exact) mass is 535 g/mol. The number of hydrogen-bond donors (Lipinski definition) is 4. The molecule has 2 saturated heterocycles. The summed E-state index contributed by atoms with van der Waals surface area (Å²) >= 11 is 0. The third-order valence-electron chi connectivity index (χ3n) is 7.19. The van der Waals surface area contributed by atoms with Crippen LogP contribution in [0.25, 0.3) is 0 Å². The zero-order valence-corrected chi connectivity index (χ0v) is 21.5. The van der Waals surface area contributed by atoms with Crippen molar-refractivity contribution in [2.24, 2.45) is 0 Å². The Morgan fingerprint density at radius 2 is 1.39 bits per heavy atom. The number of nitrogens with zero attached hydrogens (tertiary/aromatic N) is 3. The van der Waals surface area contributed by atoms with Crippen LogP contribution in [0.4, 0.5) is 0 Å². The molecule has 0 radical (unpaired) electrons. The third-order valence-corrected chi connectivity index (χ3v) is 7.19. The van der Waals surface area contributed by atoms with Crippen molar-refractivity contribution < 1.29 is 44.3 Å². The van der Waals surface area contributed by atoms with Crippen LogP contribution in [0.5, 0.6) is 0 Å². The predicted molar refractivity (Wildman–Crippen MR) is 135 cm³/mol. The molecule has 0 aromatic heterocycles. The summed E-state index contributed by atoms with van der Waals surface area (Å²) in [6.45, 7) is 8.37. The van der Waals surface area contributed by atoms with Gasteiger partial charge in [0.15, 0.2) is 5.60 Å². The highest BCUT2D eigenvalue weighted by Gasteiger charge is 2.40. The van der Waals surface area contributed by atoms with Crippen molar-refractivity contribution in [1.82, 2.24) is 14.7 Å². The molecule has 1 amide bonds. The van der Waals surface area contributed by atoms with E-state index in [1.54, 1.807) is 0 Å². The molecule has 4 rings (SSSR count). The number of hydrogen-bond acceptors (Lipinski definition) is 8. The SMILES string of the molecule is O=C(O)CC(O)(CC(=O)O)C(=O)O.O=C(c1ccc(CN2CCOCC2)cc1)N1CCN(C2CCC2)CC1. The van der Waals surface area contributed by atoms with Gasteiger partial charge in [0, 0.05) is 57.4 Å². The number of morpholine rings is 1. The summed E-state index contributed by atoms with van der Waals surface area (Å²) in [5.74, 6) is -4.83. The highest BCUT2D eigenvalue weighted by atomic mass is 16.5. The number of benzene rings is 1. The van der Waals surface area contributed by atoms with Crippen LogP contribution >= 0.6 is 0 Å². The molecule has 1 aromatic carbocycles. The van der Waals surface area contributed by atoms with Gasteiger partial charge in [-0.05, 0) is 30.5 Å². The molecular formula is C26H37N3O9. The minimum absolute atomic E-state index is 0.186. The Bertz CT molecular complexity index is 951. The van der Waals surface area contributed by atoms with E-state index in [9.17, 15) is 19.2 Å². The number of carboxylic acids is 3. The van der Waals surface area contributed by atoms with Gasteiger partial charge in [0.1, 0.15) is 0 Å². The zero-order chi connectivity index (χ0) is 27.7. The molecule has 1 aliphatic carbocycles. The van der Waals surface area contributed by atoms with Crippen LogP contribution in [0, 0.1) is 0 Å². The smallest absolute Gasteiger partial charge is 0.336 e. The van der Waals surface area contributed by atoms with Gasteiger partial charge >= 0.3 is 17.9 Å². The van der Waals surface area contributed by atoms with E-state index >= 15 is 0 Å². The Balaban J connectivity index is 0.000000263. The first kappa shape index (κ1) is 29.5. The molecule has 2 aliphatic heterocycles. The van der Waals surface area contributed by atoms with E-state index < -0.39 is 36.4 Å². The van der Waals surface area contributed by atoms with E-state index in [1.807, 2.05) is 17.0 Å². The zero-order valence-electron chi connectivity index (χ0n) is 21.5. The summed E-state index contributed by atoms with van der Waals surface area (Å²) < 4.78 is 5.39. The lowest BCUT2D eigenvalue weighted by Crippen LogP contribution is -2.53. The van der Waals surface area contributed by atoms with Crippen LogP contribution in [-0.4, -0.2) is 123 Å². The van der Waals surface area contributed by atoms with Crippen molar-refractivity contribution in [3.05, 3.63) is 35.4 Å². The fraction of sp³-hybridized carbons (Fsp3) is 0.615. The average molecular weight is 536 g/mol. The molecule has 38 heavy (non-hydrogen) atoms. The second-order valence-electron chi connectivity index (χ2n) is 9.98. The molecule has 0 spiro atoms. The third kappa shape index (κ3) is 8.48. The molecule has 2 heterocycles. The largest absolute Gasteiger partial charge is 0.481 e. The molecule has 3 fully saturated rings. The summed E-state index contributed by atoms with van der Waals surface area (Å²) in [5.41, 5.74) is -0.645. The second-order valence-corrected chi connectivity index (χ2v) is 9.98. The highest BCUT2D eigenvalue weighted by Crippen LogP contribution is 2.26. The Labute approximate surface area is 221 Å². The first-order valence-corrected chi connectivity index (χ1v) is 12.9. The van der Waals surface area contributed by atoms with Crippen LogP contribution in [0.15, 0.2) is 24.3 Å². The Morgan fingerprint density at radius 1 is 0.842 bits per heavy atom. The van der Waals surface area contributed by atoms with Crippen LogP contribution in [0.2, 0.25) is 0 Å². The molecule has 4 N–H and O–H groups in total. The second kappa shape index (κ2) is 13.7. The normalized spacial score (nSPS) is 19.1. The molecule has 3 aliphatic rings. The number of amides is 1. The predicted octanol–water partition coefficient (Wildman–Crippen LogP) is 0.581. The molecule has 0 unspecified atom stereocenters. The summed E-state index contributed by atoms with van der Waals surface area (Å²) in [7, 11) is 0. The highest BCUT2D eigenvalue weighted by molar-refractivity contribution is 5.94. The van der Waals surface area contributed by atoms with Crippen molar-refractivity contribution >= 4 is 23.8 Å². The van der Waals surface area contributed by atoms with Gasteiger partial charge in [-0.3, -0.25) is 24.2 Å². The van der Waals surface area contributed by atoms with Crippen molar-refractivity contribution in [3.63, 3.8) is 0 Å². The van der Waals surface area contributed by atoms with E-state index in [4.69, 9.17) is 25.2 Å². The average Bonchev–Trinajstić information content (AvgIpc) is 2.83. The lowest BCUT2D eigenvalue weighted by Gasteiger charge is -2.42. The first-order valence-electron chi connectivity index (χ1n) is 12.9. The molecule has 1 aromatic rings. The Hall–Kier alpha value is -3.06. The molecular weight excluding hydrogens is 498 g/mol. The summed E-state index contributed by atoms with van der Waals surface area (Å²) in [6, 6.07) is 8.99. The molecule has 0 bridgehead atoms. The number of carboxylic acid groups (broad SMARTS) is 3. The van der Waals surface area contributed by atoms with Crippen molar-refractivity contribution in [2.45, 2.75) is 50.3 Å². The molecule has 210 valence electrons. The maximum atomic E-state index is 12.7. The minimum atomic E-state index is -2.74. The molecule has 12 nitrogen and oxygen atoms in total. The lowest BCUT2D eigenvalue weighted by molar-refractivity contribution is -0.170. The Kier molecular flexibility index (Phi) is 10.6. The van der Waals surface area contributed by atoms with Gasteiger partial charge in [0.05, 0.1) is 26.1 Å². The molecule has 1 saturated carbocycles.